The summed E-state index contributed by atoms with van der Waals surface area (Å²) in [6, 6.07) is 5.55. The Morgan fingerprint density at radius 2 is 1.95 bits per heavy atom. The number of thiocarbonyl (C=S) groups is 1. The van der Waals surface area contributed by atoms with Crippen molar-refractivity contribution in [2.45, 2.75) is 6.42 Å². The van der Waals surface area contributed by atoms with Crippen molar-refractivity contribution in [3.63, 3.8) is 0 Å². The Labute approximate surface area is 119 Å². The van der Waals surface area contributed by atoms with Gasteiger partial charge >= 0.3 is 0 Å². The van der Waals surface area contributed by atoms with Crippen LogP contribution in [0.15, 0.2) is 24.3 Å². The van der Waals surface area contributed by atoms with Gasteiger partial charge in [0.1, 0.15) is 11.4 Å². The summed E-state index contributed by atoms with van der Waals surface area (Å²) in [6.07, 6.45) is -0.451. The highest BCUT2D eigenvalue weighted by atomic mass is 32.1. The zero-order valence-corrected chi connectivity index (χ0v) is 11.3. The topological polar surface area (TPSA) is 119 Å². The van der Waals surface area contributed by atoms with Crippen LogP contribution in [0.2, 0.25) is 0 Å². The number of benzene rings is 1. The number of amides is 2. The number of carbonyl (C=O) groups is 2. The normalized spacial score (nSPS) is 9.65. The summed E-state index contributed by atoms with van der Waals surface area (Å²) in [7, 11) is 1.49. The summed E-state index contributed by atoms with van der Waals surface area (Å²) in [5.74, 6) is -1.35. The molecule has 0 atom stereocenters. The van der Waals surface area contributed by atoms with Gasteiger partial charge in [-0.1, -0.05) is 12.2 Å². The first-order chi connectivity index (χ1) is 9.31. The summed E-state index contributed by atoms with van der Waals surface area (Å²) in [5.41, 5.74) is 7.71. The number of nitro groups is 1. The van der Waals surface area contributed by atoms with Gasteiger partial charge < -0.3 is 5.73 Å². The van der Waals surface area contributed by atoms with Gasteiger partial charge in [-0.25, -0.2) is 0 Å². The summed E-state index contributed by atoms with van der Waals surface area (Å²) in [6.45, 7) is 0. The molecule has 3 N–H and O–H groups in total. The summed E-state index contributed by atoms with van der Waals surface area (Å²) in [5, 5.41) is 11.8. The number of hydrogen-bond acceptors (Lipinski definition) is 5. The van der Waals surface area contributed by atoms with Gasteiger partial charge in [-0.3, -0.25) is 30.1 Å². The number of nitrogens with zero attached hydrogens (tertiary/aromatic N) is 2. The lowest BCUT2D eigenvalue weighted by molar-refractivity contribution is -0.384. The Bertz CT molecular complexity index is 558. The Hall–Kier alpha value is -2.55. The number of nitro benzene ring substituents is 1. The summed E-state index contributed by atoms with van der Waals surface area (Å²) >= 11 is 5.11. The lowest BCUT2D eigenvalue weighted by atomic mass is 10.2. The molecule has 0 aliphatic carbocycles. The fourth-order valence-electron chi connectivity index (χ4n) is 1.35. The number of hydrazine groups is 1. The molecule has 0 fully saturated rings. The molecule has 8 nitrogen and oxygen atoms in total. The molecule has 9 heteroatoms. The lowest BCUT2D eigenvalue weighted by Gasteiger charge is -2.20. The van der Waals surface area contributed by atoms with Crippen LogP contribution in [0.1, 0.15) is 12.0 Å². The minimum atomic E-state index is -0.753. The van der Waals surface area contributed by atoms with Crippen molar-refractivity contribution >= 4 is 34.7 Å². The number of nitrogens with one attached hydrogen (secondary N) is 1. The number of carbonyl (C=O) groups excluding carboxylic acids is 2. The van der Waals surface area contributed by atoms with E-state index in [1.165, 1.54) is 36.3 Å². The third-order valence-electron chi connectivity index (χ3n) is 2.26. The predicted octanol–water partition coefficient (Wildman–Crippen LogP) is 0.109. The fourth-order valence-corrected chi connectivity index (χ4v) is 1.54. The van der Waals surface area contributed by atoms with Crippen LogP contribution in [0.3, 0.4) is 0 Å². The summed E-state index contributed by atoms with van der Waals surface area (Å²) < 4.78 is 0. The second-order valence-corrected chi connectivity index (χ2v) is 4.23. The van der Waals surface area contributed by atoms with Crippen molar-refractivity contribution in [2.75, 3.05) is 7.05 Å². The van der Waals surface area contributed by atoms with Gasteiger partial charge in [0.25, 0.3) is 5.69 Å². The van der Waals surface area contributed by atoms with Crippen molar-refractivity contribution in [3.8, 4) is 0 Å². The van der Waals surface area contributed by atoms with Crippen LogP contribution in [0.4, 0.5) is 5.69 Å². The van der Waals surface area contributed by atoms with Crippen molar-refractivity contribution in [1.29, 1.82) is 0 Å². The molecule has 2 amide bonds. The second-order valence-electron chi connectivity index (χ2n) is 3.85. The smallest absolute Gasteiger partial charge is 0.269 e. The molecule has 1 aromatic carbocycles. The van der Waals surface area contributed by atoms with E-state index in [0.29, 0.717) is 5.56 Å². The Balaban J connectivity index is 2.71. The van der Waals surface area contributed by atoms with Crippen LogP contribution in [0.25, 0.3) is 0 Å². The molecular weight excluding hydrogens is 284 g/mol. The Morgan fingerprint density at radius 1 is 1.40 bits per heavy atom. The molecule has 0 radical (unpaired) electrons. The molecular formula is C11H12N4O4S. The van der Waals surface area contributed by atoms with E-state index in [1.807, 2.05) is 0 Å². The molecule has 0 aliphatic heterocycles. The zero-order valence-electron chi connectivity index (χ0n) is 10.5. The van der Waals surface area contributed by atoms with Crippen LogP contribution in [-0.2, 0) is 9.59 Å². The lowest BCUT2D eigenvalue weighted by Crippen LogP contribution is -2.44. The third-order valence-corrected chi connectivity index (χ3v) is 2.77. The highest BCUT2D eigenvalue weighted by molar-refractivity contribution is 7.80. The maximum absolute atomic E-state index is 11.3. The average molecular weight is 296 g/mol. The minimum absolute atomic E-state index is 0.0584. The van der Waals surface area contributed by atoms with Crippen LogP contribution in [0.5, 0.6) is 0 Å². The molecule has 0 heterocycles. The van der Waals surface area contributed by atoms with E-state index in [9.17, 15) is 19.7 Å². The molecule has 0 aliphatic rings. The van der Waals surface area contributed by atoms with Gasteiger partial charge in [-0.2, -0.15) is 0 Å². The number of non-ortho nitro benzene ring substituents is 1. The quantitative estimate of drug-likeness (QED) is 0.352. The van der Waals surface area contributed by atoms with E-state index in [0.717, 1.165) is 0 Å². The number of primary amides is 1. The largest absolute Gasteiger partial charge is 0.369 e. The summed E-state index contributed by atoms with van der Waals surface area (Å²) in [4.78, 5) is 32.2. The van der Waals surface area contributed by atoms with Gasteiger partial charge in [-0.15, -0.1) is 0 Å². The fraction of sp³-hybridized carbons (Fsp3) is 0.182. The van der Waals surface area contributed by atoms with Gasteiger partial charge in [0, 0.05) is 24.7 Å². The van der Waals surface area contributed by atoms with Crippen LogP contribution >= 0.6 is 12.2 Å². The van der Waals surface area contributed by atoms with Crippen molar-refractivity contribution in [3.05, 3.63) is 39.9 Å². The first-order valence-corrected chi connectivity index (χ1v) is 5.82. The van der Waals surface area contributed by atoms with E-state index in [2.05, 4.69) is 5.43 Å². The van der Waals surface area contributed by atoms with Crippen LogP contribution < -0.4 is 11.2 Å². The molecule has 0 spiro atoms. The number of rotatable bonds is 4. The standard InChI is InChI=1S/C11H12N4O4S/c1-14(13-10(17)6-9(12)16)11(20)7-2-4-8(5-3-7)15(18)19/h2-5H,6H2,1H3,(H2,12,16)(H,13,17). The minimum Gasteiger partial charge on any atom is -0.369 e. The molecule has 0 saturated carbocycles. The molecule has 1 aromatic rings. The maximum Gasteiger partial charge on any atom is 0.269 e. The van der Waals surface area contributed by atoms with E-state index in [1.54, 1.807) is 0 Å². The third kappa shape index (κ3) is 4.28. The van der Waals surface area contributed by atoms with Gasteiger partial charge in [0.2, 0.25) is 11.8 Å². The van der Waals surface area contributed by atoms with Crippen molar-refractivity contribution < 1.29 is 14.5 Å². The molecule has 0 bridgehead atoms. The Morgan fingerprint density at radius 3 is 2.40 bits per heavy atom. The molecule has 0 aromatic heterocycles. The van der Waals surface area contributed by atoms with Gasteiger partial charge in [-0.05, 0) is 12.1 Å². The van der Waals surface area contributed by atoms with Gasteiger partial charge in [0.05, 0.1) is 4.92 Å². The zero-order chi connectivity index (χ0) is 15.3. The number of nitrogens with two attached hydrogens (primary N) is 1. The second kappa shape index (κ2) is 6.57. The number of hydrogen-bond donors (Lipinski definition) is 2. The van der Waals surface area contributed by atoms with E-state index >= 15 is 0 Å². The van der Waals surface area contributed by atoms with Gasteiger partial charge in [0.15, 0.2) is 0 Å². The SMILES string of the molecule is CN(NC(=O)CC(N)=O)C(=S)c1ccc([N+](=O)[O-])cc1. The van der Waals surface area contributed by atoms with E-state index in [4.69, 9.17) is 18.0 Å². The molecule has 1 rings (SSSR count). The molecule has 106 valence electrons. The first-order valence-electron chi connectivity index (χ1n) is 5.41. The van der Waals surface area contributed by atoms with E-state index in [-0.39, 0.29) is 10.7 Å². The van der Waals surface area contributed by atoms with Crippen molar-refractivity contribution in [1.82, 2.24) is 10.4 Å². The predicted molar refractivity (Wildman–Crippen MR) is 74.5 cm³/mol. The van der Waals surface area contributed by atoms with E-state index < -0.39 is 23.2 Å². The average Bonchev–Trinajstić information content (AvgIpc) is 2.36. The molecule has 0 saturated heterocycles. The Kier molecular flexibility index (Phi) is 5.09. The van der Waals surface area contributed by atoms with Crippen molar-refractivity contribution in [2.24, 2.45) is 5.73 Å². The van der Waals surface area contributed by atoms with Crippen LogP contribution in [-0.4, -0.2) is 33.8 Å². The first kappa shape index (κ1) is 15.5. The molecule has 0 unspecified atom stereocenters. The monoisotopic (exact) mass is 296 g/mol. The maximum atomic E-state index is 11.3. The highest BCUT2D eigenvalue weighted by Gasteiger charge is 2.13. The van der Waals surface area contributed by atoms with Crippen LogP contribution in [0, 0.1) is 10.1 Å². The molecule has 20 heavy (non-hydrogen) atoms. The highest BCUT2D eigenvalue weighted by Crippen LogP contribution is 2.13.